The molecule has 6 rings (SSSR count). The van der Waals surface area contributed by atoms with Crippen LogP contribution in [-0.2, 0) is 27.1 Å². The lowest BCUT2D eigenvalue weighted by atomic mass is 9.77. The summed E-state index contributed by atoms with van der Waals surface area (Å²) in [6.07, 6.45) is 3.00. The fourth-order valence-electron chi connectivity index (χ4n) is 6.47. The van der Waals surface area contributed by atoms with E-state index >= 15 is 0 Å². The van der Waals surface area contributed by atoms with Crippen LogP contribution in [0.5, 0.6) is 0 Å². The molecule has 0 saturated heterocycles. The van der Waals surface area contributed by atoms with E-state index in [1.165, 1.54) is 19.8 Å². The molecule has 2 aliphatic carbocycles. The van der Waals surface area contributed by atoms with Crippen molar-refractivity contribution in [3.8, 4) is 11.1 Å². The number of nitrogens with one attached hydrogen (secondary N) is 1. The fourth-order valence-corrected chi connectivity index (χ4v) is 6.47. The molecule has 0 bridgehead atoms. The second-order valence-corrected chi connectivity index (χ2v) is 10.2. The second kappa shape index (κ2) is 9.72. The van der Waals surface area contributed by atoms with Gasteiger partial charge in [-0.25, -0.2) is 4.79 Å². The summed E-state index contributed by atoms with van der Waals surface area (Å²) >= 11 is 0. The van der Waals surface area contributed by atoms with Gasteiger partial charge in [-0.3, -0.25) is 14.5 Å². The Morgan fingerprint density at radius 1 is 0.947 bits per heavy atom. The molecule has 0 saturated carbocycles. The smallest absolute Gasteiger partial charge is 0.337 e. The second-order valence-electron chi connectivity index (χ2n) is 10.2. The summed E-state index contributed by atoms with van der Waals surface area (Å²) in [5, 5.41) is 3.30. The molecule has 1 N–H and O–H groups in total. The van der Waals surface area contributed by atoms with Gasteiger partial charge in [-0.15, -0.1) is 0 Å². The molecule has 0 fully saturated rings. The predicted octanol–water partition coefficient (Wildman–Crippen LogP) is 4.38. The van der Waals surface area contributed by atoms with E-state index in [1.807, 2.05) is 36.4 Å². The fraction of sp³-hybridized carbons (Fsp3) is 0.323. The highest BCUT2D eigenvalue weighted by atomic mass is 16.5. The summed E-state index contributed by atoms with van der Waals surface area (Å²) in [5.41, 5.74) is 8.76. The summed E-state index contributed by atoms with van der Waals surface area (Å²) in [7, 11) is 2.78. The van der Waals surface area contributed by atoms with E-state index in [4.69, 9.17) is 9.47 Å². The number of carbonyl (C=O) groups excluding carboxylic acids is 3. The highest BCUT2D eigenvalue weighted by molar-refractivity contribution is 6.03. The number of carbonyl (C=O) groups is 3. The Balaban J connectivity index is 1.37. The minimum absolute atomic E-state index is 0.0283. The van der Waals surface area contributed by atoms with Crippen LogP contribution >= 0.6 is 0 Å². The number of rotatable bonds is 5. The van der Waals surface area contributed by atoms with Crippen LogP contribution in [0, 0.1) is 0 Å². The topological polar surface area (TPSA) is 84.9 Å². The van der Waals surface area contributed by atoms with E-state index in [0.717, 1.165) is 46.2 Å². The lowest BCUT2D eigenvalue weighted by Crippen LogP contribution is -2.43. The van der Waals surface area contributed by atoms with Gasteiger partial charge in [-0.1, -0.05) is 36.4 Å². The van der Waals surface area contributed by atoms with Gasteiger partial charge < -0.3 is 14.8 Å². The van der Waals surface area contributed by atoms with Gasteiger partial charge in [0.25, 0.3) is 5.91 Å². The monoisotopic (exact) mass is 510 g/mol. The molecule has 38 heavy (non-hydrogen) atoms. The Morgan fingerprint density at radius 2 is 1.76 bits per heavy atom. The Hall–Kier alpha value is -3.97. The Kier molecular flexibility index (Phi) is 6.24. The molecule has 7 heteroatoms. The van der Waals surface area contributed by atoms with Gasteiger partial charge in [0.1, 0.15) is 0 Å². The van der Waals surface area contributed by atoms with Gasteiger partial charge in [0, 0.05) is 18.2 Å². The van der Waals surface area contributed by atoms with Crippen LogP contribution < -0.4 is 5.32 Å². The minimum Gasteiger partial charge on any atom is -0.468 e. The largest absolute Gasteiger partial charge is 0.468 e. The zero-order valence-electron chi connectivity index (χ0n) is 21.6. The van der Waals surface area contributed by atoms with Gasteiger partial charge in [0.2, 0.25) is 0 Å². The first-order valence-electron chi connectivity index (χ1n) is 13.1. The standard InChI is InChI=1S/C31H30N2O5/c1-37-27(34)17-33-13-12-20-15-21(31(36)38-2)16-24-25(10-11-26(33)29(20)24)32-30(35)23-9-5-7-19-14-18-6-3-4-8-22(18)28(19)23/h3-9,15-16,25-26H,10-14,17H2,1-2H3,(H,32,35)/t25-,26+/m1/s1. The SMILES string of the molecule is COC(=O)CN1CCc2cc(C(=O)OC)cc3c2[C@@H]1CC[C@H]3NC(=O)c1cccc2c1-c1ccccc1C2. The van der Waals surface area contributed by atoms with Crippen LogP contribution in [0.15, 0.2) is 54.6 Å². The van der Waals surface area contributed by atoms with E-state index in [0.29, 0.717) is 30.5 Å². The third kappa shape index (κ3) is 4.07. The summed E-state index contributed by atoms with van der Waals surface area (Å²) in [6.45, 7) is 0.912. The number of fused-ring (bicyclic) bond motifs is 3. The molecule has 1 heterocycles. The molecular weight excluding hydrogens is 480 g/mol. The zero-order valence-corrected chi connectivity index (χ0v) is 21.6. The van der Waals surface area contributed by atoms with Crippen molar-refractivity contribution in [2.75, 3.05) is 27.3 Å². The van der Waals surface area contributed by atoms with Crippen LogP contribution in [0.25, 0.3) is 11.1 Å². The number of ether oxygens (including phenoxy) is 2. The third-order valence-electron chi connectivity index (χ3n) is 8.19. The number of hydrogen-bond donors (Lipinski definition) is 1. The molecule has 2 atom stereocenters. The van der Waals surface area contributed by atoms with Crippen molar-refractivity contribution < 1.29 is 23.9 Å². The predicted molar refractivity (Wildman–Crippen MR) is 142 cm³/mol. The van der Waals surface area contributed by atoms with Crippen molar-refractivity contribution in [2.24, 2.45) is 0 Å². The highest BCUT2D eigenvalue weighted by Crippen LogP contribution is 2.45. The number of methoxy groups -OCH3 is 2. The first kappa shape index (κ1) is 24.4. The molecule has 0 aromatic heterocycles. The quantitative estimate of drug-likeness (QED) is 0.401. The van der Waals surface area contributed by atoms with Crippen molar-refractivity contribution in [3.63, 3.8) is 0 Å². The van der Waals surface area contributed by atoms with Crippen molar-refractivity contribution in [2.45, 2.75) is 37.8 Å². The molecule has 3 aliphatic rings. The maximum atomic E-state index is 13.8. The summed E-state index contributed by atoms with van der Waals surface area (Å²) in [6, 6.07) is 17.7. The van der Waals surface area contributed by atoms with E-state index in [1.54, 1.807) is 0 Å². The van der Waals surface area contributed by atoms with Crippen molar-refractivity contribution in [3.05, 3.63) is 93.5 Å². The number of benzene rings is 3. The number of esters is 2. The number of hydrogen-bond acceptors (Lipinski definition) is 6. The van der Waals surface area contributed by atoms with E-state index in [9.17, 15) is 14.4 Å². The Bertz CT molecular complexity index is 1460. The average Bonchev–Trinajstić information content (AvgIpc) is 3.33. The van der Waals surface area contributed by atoms with Crippen molar-refractivity contribution >= 4 is 17.8 Å². The maximum Gasteiger partial charge on any atom is 0.337 e. The van der Waals surface area contributed by atoms with Crippen LogP contribution in [0.4, 0.5) is 0 Å². The molecule has 3 aromatic carbocycles. The van der Waals surface area contributed by atoms with Gasteiger partial charge in [-0.05, 0) is 82.8 Å². The van der Waals surface area contributed by atoms with Crippen LogP contribution in [-0.4, -0.2) is 50.1 Å². The summed E-state index contributed by atoms with van der Waals surface area (Å²) < 4.78 is 9.96. The van der Waals surface area contributed by atoms with E-state index in [-0.39, 0.29) is 30.5 Å². The summed E-state index contributed by atoms with van der Waals surface area (Å²) in [4.78, 5) is 40.6. The van der Waals surface area contributed by atoms with Gasteiger partial charge >= 0.3 is 11.9 Å². The van der Waals surface area contributed by atoms with Crippen molar-refractivity contribution in [1.82, 2.24) is 10.2 Å². The van der Waals surface area contributed by atoms with Crippen LogP contribution in [0.3, 0.4) is 0 Å². The molecule has 0 unspecified atom stereocenters. The number of amides is 1. The zero-order chi connectivity index (χ0) is 26.4. The molecule has 0 radical (unpaired) electrons. The number of nitrogens with zero attached hydrogens (tertiary/aromatic N) is 1. The van der Waals surface area contributed by atoms with Gasteiger partial charge in [-0.2, -0.15) is 0 Å². The molecule has 7 nitrogen and oxygen atoms in total. The molecule has 194 valence electrons. The molecule has 0 spiro atoms. The molecular formula is C31H30N2O5. The van der Waals surface area contributed by atoms with Crippen molar-refractivity contribution in [1.29, 1.82) is 0 Å². The molecule has 1 amide bonds. The maximum absolute atomic E-state index is 13.8. The lowest BCUT2D eigenvalue weighted by Gasteiger charge is -2.43. The third-order valence-corrected chi connectivity index (χ3v) is 8.19. The van der Waals surface area contributed by atoms with E-state index < -0.39 is 5.97 Å². The Morgan fingerprint density at radius 3 is 2.58 bits per heavy atom. The minimum atomic E-state index is -0.397. The Labute approximate surface area is 221 Å². The average molecular weight is 511 g/mol. The van der Waals surface area contributed by atoms with E-state index in [2.05, 4.69) is 28.4 Å². The molecule has 3 aromatic rings. The first-order chi connectivity index (χ1) is 18.5. The van der Waals surface area contributed by atoms with Crippen LogP contribution in [0.1, 0.15) is 73.5 Å². The van der Waals surface area contributed by atoms with Gasteiger partial charge in [0.15, 0.2) is 0 Å². The molecule has 1 aliphatic heterocycles. The van der Waals surface area contributed by atoms with Crippen LogP contribution in [0.2, 0.25) is 0 Å². The highest BCUT2D eigenvalue weighted by Gasteiger charge is 2.38. The first-order valence-corrected chi connectivity index (χ1v) is 13.1. The normalized spacial score (nSPS) is 19.1. The van der Waals surface area contributed by atoms with Gasteiger partial charge in [0.05, 0.1) is 32.4 Å². The summed E-state index contributed by atoms with van der Waals surface area (Å²) in [5.74, 6) is -0.790. The lowest BCUT2D eigenvalue weighted by molar-refractivity contribution is -0.142.